The van der Waals surface area contributed by atoms with Crippen LogP contribution >= 0.6 is 0 Å². The first-order valence-corrected chi connectivity index (χ1v) is 12.4. The summed E-state index contributed by atoms with van der Waals surface area (Å²) in [6.07, 6.45) is 3.14. The molecule has 3 aromatic rings. The molecule has 1 aliphatic heterocycles. The third-order valence-electron chi connectivity index (χ3n) is 7.03. The molecular weight excluding hydrogens is 470 g/mol. The Morgan fingerprint density at radius 3 is 2.49 bits per heavy atom. The van der Waals surface area contributed by atoms with Gasteiger partial charge in [0.2, 0.25) is 5.91 Å². The molecule has 3 amide bonds. The van der Waals surface area contributed by atoms with Crippen molar-refractivity contribution in [1.82, 2.24) is 25.1 Å². The van der Waals surface area contributed by atoms with Crippen molar-refractivity contribution in [2.24, 2.45) is 0 Å². The number of hydrogen-bond donors (Lipinski definition) is 2. The maximum Gasteiger partial charge on any atom is 0.274 e. The van der Waals surface area contributed by atoms with Crippen LogP contribution < -0.4 is 15.4 Å². The number of nitrogens with one attached hydrogen (secondary N) is 2. The van der Waals surface area contributed by atoms with Gasteiger partial charge in [0.25, 0.3) is 11.8 Å². The second-order valence-corrected chi connectivity index (χ2v) is 9.95. The van der Waals surface area contributed by atoms with Crippen molar-refractivity contribution in [3.8, 4) is 5.75 Å². The first-order chi connectivity index (χ1) is 17.8. The summed E-state index contributed by atoms with van der Waals surface area (Å²) < 4.78 is 6.83. The second kappa shape index (κ2) is 9.72. The zero-order valence-corrected chi connectivity index (χ0v) is 21.3. The lowest BCUT2D eigenvalue weighted by molar-refractivity contribution is -0.133. The third kappa shape index (κ3) is 4.81. The lowest BCUT2D eigenvalue weighted by Gasteiger charge is -2.44. The molecule has 5 rings (SSSR count). The van der Waals surface area contributed by atoms with Crippen LogP contribution in [0.15, 0.2) is 54.9 Å². The van der Waals surface area contributed by atoms with E-state index in [9.17, 15) is 14.4 Å². The fourth-order valence-corrected chi connectivity index (χ4v) is 4.93. The average Bonchev–Trinajstić information content (AvgIpc) is 3.63. The summed E-state index contributed by atoms with van der Waals surface area (Å²) in [5, 5.41) is 5.87. The van der Waals surface area contributed by atoms with Gasteiger partial charge in [-0.3, -0.25) is 14.4 Å². The van der Waals surface area contributed by atoms with Crippen LogP contribution in [-0.4, -0.2) is 50.9 Å². The quantitative estimate of drug-likeness (QED) is 0.494. The predicted molar refractivity (Wildman–Crippen MR) is 137 cm³/mol. The van der Waals surface area contributed by atoms with Crippen LogP contribution in [0.3, 0.4) is 0 Å². The summed E-state index contributed by atoms with van der Waals surface area (Å²) in [4.78, 5) is 46.2. The number of fused-ring (bicyclic) bond motifs is 1. The number of amides is 3. The molecule has 0 unspecified atom stereocenters. The molecular formula is C28H31N5O4. The second-order valence-electron chi connectivity index (χ2n) is 9.95. The van der Waals surface area contributed by atoms with E-state index < -0.39 is 11.4 Å². The first kappa shape index (κ1) is 24.5. The van der Waals surface area contributed by atoms with Crippen LogP contribution in [0.5, 0.6) is 5.75 Å². The van der Waals surface area contributed by atoms with Crippen LogP contribution in [0.1, 0.15) is 57.4 Å². The maximum absolute atomic E-state index is 13.8. The molecule has 1 aromatic heterocycles. The van der Waals surface area contributed by atoms with Crippen molar-refractivity contribution in [1.29, 1.82) is 0 Å². The Kier molecular flexibility index (Phi) is 6.45. The van der Waals surface area contributed by atoms with Gasteiger partial charge in [0.05, 0.1) is 20.0 Å². The van der Waals surface area contributed by atoms with E-state index in [0.717, 1.165) is 35.3 Å². The van der Waals surface area contributed by atoms with Gasteiger partial charge in [0.15, 0.2) is 5.69 Å². The van der Waals surface area contributed by atoms with Crippen molar-refractivity contribution in [3.63, 3.8) is 0 Å². The average molecular weight is 502 g/mol. The minimum absolute atomic E-state index is 0.0314. The van der Waals surface area contributed by atoms with Gasteiger partial charge in [-0.25, -0.2) is 4.98 Å². The summed E-state index contributed by atoms with van der Waals surface area (Å²) >= 11 is 0. The summed E-state index contributed by atoms with van der Waals surface area (Å²) in [6, 6.07) is 15.3. The van der Waals surface area contributed by atoms with Gasteiger partial charge in [-0.05, 0) is 49.9 Å². The van der Waals surface area contributed by atoms with Crippen LogP contribution in [-0.2, 0) is 24.4 Å². The molecule has 9 nitrogen and oxygen atoms in total. The molecule has 0 radical (unpaired) electrons. The number of aromatic nitrogens is 2. The van der Waals surface area contributed by atoms with Crippen molar-refractivity contribution >= 4 is 17.7 Å². The van der Waals surface area contributed by atoms with E-state index in [4.69, 9.17) is 4.74 Å². The van der Waals surface area contributed by atoms with Gasteiger partial charge >= 0.3 is 0 Å². The molecule has 2 heterocycles. The molecule has 9 heteroatoms. The largest absolute Gasteiger partial charge is 0.497 e. The first-order valence-electron chi connectivity index (χ1n) is 12.4. The Hall–Kier alpha value is -4.14. The standard InChI is InChI=1S/C28H31N5O4/c1-18-5-4-6-20(13-18)15-29-25(34)23-24-26(35)33(21-9-10-21)28(2,16-32(24)17-31-23)27(36)30-14-19-7-11-22(37-3)12-8-19/h4-8,11-13,17,21H,9-10,14-16H2,1-3H3,(H,29,34)(H,30,36)/t28-/m1/s1. The van der Waals surface area contributed by atoms with Crippen molar-refractivity contribution in [2.45, 2.75) is 57.9 Å². The van der Waals surface area contributed by atoms with Crippen molar-refractivity contribution < 1.29 is 19.1 Å². The molecule has 2 aliphatic rings. The molecule has 1 atom stereocenters. The van der Waals surface area contributed by atoms with Gasteiger partial charge in [0, 0.05) is 19.1 Å². The predicted octanol–water partition coefficient (Wildman–Crippen LogP) is 2.82. The van der Waals surface area contributed by atoms with Gasteiger partial charge in [0.1, 0.15) is 17.0 Å². The third-order valence-corrected chi connectivity index (χ3v) is 7.03. The minimum atomic E-state index is -1.10. The van der Waals surface area contributed by atoms with Crippen molar-refractivity contribution in [3.05, 3.63) is 82.9 Å². The van der Waals surface area contributed by atoms with E-state index in [-0.39, 0.29) is 35.8 Å². The highest BCUT2D eigenvalue weighted by atomic mass is 16.5. The van der Waals surface area contributed by atoms with E-state index in [1.807, 2.05) is 55.5 Å². The van der Waals surface area contributed by atoms with E-state index in [1.165, 1.54) is 6.33 Å². The molecule has 192 valence electrons. The Labute approximate surface area is 215 Å². The number of methoxy groups -OCH3 is 1. The summed E-state index contributed by atoms with van der Waals surface area (Å²) in [5.74, 6) is -0.250. The van der Waals surface area contributed by atoms with Crippen LogP contribution in [0, 0.1) is 6.92 Å². The normalized spacial score (nSPS) is 18.8. The van der Waals surface area contributed by atoms with Gasteiger partial charge in [-0.2, -0.15) is 0 Å². The van der Waals surface area contributed by atoms with Crippen molar-refractivity contribution in [2.75, 3.05) is 7.11 Å². The van der Waals surface area contributed by atoms with Crippen LogP contribution in [0.25, 0.3) is 0 Å². The minimum Gasteiger partial charge on any atom is -0.497 e. The maximum atomic E-state index is 13.8. The number of nitrogens with zero attached hydrogens (tertiary/aromatic N) is 3. The van der Waals surface area contributed by atoms with E-state index >= 15 is 0 Å². The van der Waals surface area contributed by atoms with Crippen LogP contribution in [0.4, 0.5) is 0 Å². The smallest absolute Gasteiger partial charge is 0.274 e. The van der Waals surface area contributed by atoms with E-state index in [2.05, 4.69) is 15.6 Å². The molecule has 0 bridgehead atoms. The number of hydrogen-bond acceptors (Lipinski definition) is 5. The van der Waals surface area contributed by atoms with Gasteiger partial charge < -0.3 is 24.8 Å². The summed E-state index contributed by atoms with van der Waals surface area (Å²) in [7, 11) is 1.60. The van der Waals surface area contributed by atoms with Gasteiger partial charge in [-0.15, -0.1) is 0 Å². The Balaban J connectivity index is 1.34. The highest BCUT2D eigenvalue weighted by Crippen LogP contribution is 2.38. The number of rotatable bonds is 8. The molecule has 2 aromatic carbocycles. The van der Waals surface area contributed by atoms with E-state index in [0.29, 0.717) is 13.1 Å². The van der Waals surface area contributed by atoms with Gasteiger partial charge in [-0.1, -0.05) is 42.0 Å². The zero-order valence-electron chi connectivity index (χ0n) is 21.3. The summed E-state index contributed by atoms with van der Waals surface area (Å²) in [6.45, 7) is 4.66. The number of aryl methyl sites for hydroxylation is 1. The molecule has 1 fully saturated rings. The highest BCUT2D eigenvalue weighted by Gasteiger charge is 2.53. The lowest BCUT2D eigenvalue weighted by Crippen LogP contribution is -2.64. The molecule has 0 saturated heterocycles. The highest BCUT2D eigenvalue weighted by molar-refractivity contribution is 6.07. The number of carbonyl (C=O) groups excluding carboxylic acids is 3. The molecule has 0 spiro atoms. The molecule has 1 saturated carbocycles. The topological polar surface area (TPSA) is 106 Å². The zero-order chi connectivity index (χ0) is 26.2. The Bertz CT molecular complexity index is 1340. The molecule has 2 N–H and O–H groups in total. The van der Waals surface area contributed by atoms with E-state index in [1.54, 1.807) is 23.5 Å². The Morgan fingerprint density at radius 2 is 1.81 bits per heavy atom. The SMILES string of the molecule is COc1ccc(CNC(=O)[C@@]2(C)Cn3cnc(C(=O)NCc4cccc(C)c4)c3C(=O)N2C2CC2)cc1. The number of carbonyl (C=O) groups is 3. The summed E-state index contributed by atoms with van der Waals surface area (Å²) in [5.41, 5.74) is 2.21. The number of benzene rings is 2. The molecule has 37 heavy (non-hydrogen) atoms. The monoisotopic (exact) mass is 501 g/mol. The lowest BCUT2D eigenvalue weighted by atomic mass is 9.93. The Morgan fingerprint density at radius 1 is 1.08 bits per heavy atom. The number of imidazole rings is 1. The fourth-order valence-electron chi connectivity index (χ4n) is 4.93. The fraction of sp³-hybridized carbons (Fsp3) is 0.357. The van der Waals surface area contributed by atoms with Crippen LogP contribution in [0.2, 0.25) is 0 Å². The molecule has 1 aliphatic carbocycles. The number of ether oxygens (including phenoxy) is 1.